The molecule has 2 aromatic heterocycles. The van der Waals surface area contributed by atoms with Crippen LogP contribution in [0.3, 0.4) is 0 Å². The number of aromatic nitrogens is 4. The van der Waals surface area contributed by atoms with Crippen LogP contribution >= 0.6 is 27.5 Å². The first-order chi connectivity index (χ1) is 9.13. The summed E-state index contributed by atoms with van der Waals surface area (Å²) in [5, 5.41) is 0.121. The van der Waals surface area contributed by atoms with E-state index in [1.54, 1.807) is 0 Å². The van der Waals surface area contributed by atoms with Crippen molar-refractivity contribution in [2.24, 2.45) is 0 Å². The van der Waals surface area contributed by atoms with Crippen LogP contribution < -0.4 is 5.69 Å². The van der Waals surface area contributed by atoms with Gasteiger partial charge in [-0.05, 0) is 29.3 Å². The molecule has 7 heteroatoms. The van der Waals surface area contributed by atoms with Crippen molar-refractivity contribution in [2.45, 2.75) is 6.54 Å². The second-order valence-corrected chi connectivity index (χ2v) is 5.27. The minimum absolute atomic E-state index is 0.121. The highest BCUT2D eigenvalue weighted by molar-refractivity contribution is 9.10. The molecule has 0 fully saturated rings. The second kappa shape index (κ2) is 4.79. The minimum atomic E-state index is -0.227. The van der Waals surface area contributed by atoms with Gasteiger partial charge >= 0.3 is 5.69 Å². The summed E-state index contributed by atoms with van der Waals surface area (Å²) in [6, 6.07) is 7.74. The van der Waals surface area contributed by atoms with Gasteiger partial charge in [-0.1, -0.05) is 28.1 Å². The fourth-order valence-electron chi connectivity index (χ4n) is 1.84. The Morgan fingerprint density at radius 1 is 1.32 bits per heavy atom. The van der Waals surface area contributed by atoms with Crippen molar-refractivity contribution >= 4 is 38.7 Å². The monoisotopic (exact) mass is 338 g/mol. The number of hydrogen-bond donors (Lipinski definition) is 1. The molecule has 0 saturated carbocycles. The molecule has 1 N–H and O–H groups in total. The summed E-state index contributed by atoms with van der Waals surface area (Å²) in [5.74, 6) is 0. The fraction of sp³-hybridized carbons (Fsp3) is 0.0833. The summed E-state index contributed by atoms with van der Waals surface area (Å²) >= 11 is 9.14. The number of halogens is 2. The lowest BCUT2D eigenvalue weighted by molar-refractivity contribution is 0.777. The number of fused-ring (bicyclic) bond motifs is 1. The Hall–Kier alpha value is -1.66. The highest BCUT2D eigenvalue weighted by atomic mass is 79.9. The standard InChI is InChI=1S/C12H8BrClN4O/c13-8-3-1-7(2-4-8)6-18-10-9(16-12(18)19)5-15-11(14)17-10/h1-5H,6H2,(H,16,19). The zero-order valence-corrected chi connectivity index (χ0v) is 11.9. The number of benzene rings is 1. The molecule has 0 atom stereocenters. The summed E-state index contributed by atoms with van der Waals surface area (Å²) in [6.07, 6.45) is 1.50. The topological polar surface area (TPSA) is 63.6 Å². The Kier molecular flexibility index (Phi) is 3.12. The Bertz CT molecular complexity index is 794. The van der Waals surface area contributed by atoms with E-state index >= 15 is 0 Å². The van der Waals surface area contributed by atoms with Crippen molar-refractivity contribution in [1.29, 1.82) is 0 Å². The SMILES string of the molecule is O=c1[nH]c2cnc(Cl)nc2n1Cc1ccc(Br)cc1. The summed E-state index contributed by atoms with van der Waals surface area (Å²) in [5.41, 5.74) is 1.86. The van der Waals surface area contributed by atoms with Crippen LogP contribution in [0.2, 0.25) is 5.28 Å². The molecule has 0 saturated heterocycles. The van der Waals surface area contributed by atoms with E-state index in [1.807, 2.05) is 24.3 Å². The minimum Gasteiger partial charge on any atom is -0.303 e. The van der Waals surface area contributed by atoms with Crippen LogP contribution in [-0.4, -0.2) is 19.5 Å². The van der Waals surface area contributed by atoms with Crippen molar-refractivity contribution in [1.82, 2.24) is 19.5 Å². The predicted octanol–water partition coefficient (Wildman–Crippen LogP) is 2.58. The highest BCUT2D eigenvalue weighted by Crippen LogP contribution is 2.14. The van der Waals surface area contributed by atoms with Crippen molar-refractivity contribution in [2.75, 3.05) is 0 Å². The third-order valence-electron chi connectivity index (χ3n) is 2.74. The van der Waals surface area contributed by atoms with Crippen molar-refractivity contribution in [3.8, 4) is 0 Å². The molecule has 0 aliphatic rings. The molecule has 0 radical (unpaired) electrons. The smallest absolute Gasteiger partial charge is 0.303 e. The van der Waals surface area contributed by atoms with Gasteiger partial charge in [-0.25, -0.2) is 9.78 Å². The number of aromatic amines is 1. The lowest BCUT2D eigenvalue weighted by atomic mass is 10.2. The van der Waals surface area contributed by atoms with Crippen LogP contribution in [0.4, 0.5) is 0 Å². The van der Waals surface area contributed by atoms with Gasteiger partial charge in [-0.15, -0.1) is 0 Å². The third-order valence-corrected chi connectivity index (χ3v) is 3.45. The quantitative estimate of drug-likeness (QED) is 0.730. The van der Waals surface area contributed by atoms with Gasteiger partial charge in [0.05, 0.1) is 12.7 Å². The molecule has 2 heterocycles. The van der Waals surface area contributed by atoms with Gasteiger partial charge in [-0.2, -0.15) is 4.98 Å². The Morgan fingerprint density at radius 3 is 2.79 bits per heavy atom. The molecule has 19 heavy (non-hydrogen) atoms. The van der Waals surface area contributed by atoms with E-state index in [4.69, 9.17) is 11.6 Å². The van der Waals surface area contributed by atoms with E-state index in [0.29, 0.717) is 17.7 Å². The number of H-pyrrole nitrogens is 1. The number of nitrogens with one attached hydrogen (secondary N) is 1. The van der Waals surface area contributed by atoms with Crippen LogP contribution in [0.1, 0.15) is 5.56 Å². The van der Waals surface area contributed by atoms with E-state index in [-0.39, 0.29) is 11.0 Å². The van der Waals surface area contributed by atoms with Gasteiger partial charge in [-0.3, -0.25) is 4.57 Å². The summed E-state index contributed by atoms with van der Waals surface area (Å²) in [7, 11) is 0. The van der Waals surface area contributed by atoms with Gasteiger partial charge in [0.1, 0.15) is 5.52 Å². The van der Waals surface area contributed by atoms with Gasteiger partial charge in [0, 0.05) is 4.47 Å². The summed E-state index contributed by atoms with van der Waals surface area (Å²) in [6.45, 7) is 0.430. The maximum atomic E-state index is 11.9. The first-order valence-corrected chi connectivity index (χ1v) is 6.66. The van der Waals surface area contributed by atoms with Gasteiger partial charge < -0.3 is 4.98 Å². The molecule has 0 unspecified atom stereocenters. The van der Waals surface area contributed by atoms with Crippen molar-refractivity contribution in [3.63, 3.8) is 0 Å². The number of rotatable bonds is 2. The molecule has 1 aromatic carbocycles. The lowest BCUT2D eigenvalue weighted by Gasteiger charge is -2.03. The van der Waals surface area contributed by atoms with E-state index in [2.05, 4.69) is 30.9 Å². The molecule has 96 valence electrons. The number of hydrogen-bond acceptors (Lipinski definition) is 3. The van der Waals surface area contributed by atoms with E-state index < -0.39 is 0 Å². The summed E-state index contributed by atoms with van der Waals surface area (Å²) < 4.78 is 2.53. The highest BCUT2D eigenvalue weighted by Gasteiger charge is 2.09. The molecule has 3 rings (SSSR count). The van der Waals surface area contributed by atoms with Crippen molar-refractivity contribution < 1.29 is 0 Å². The normalized spacial score (nSPS) is 11.1. The largest absolute Gasteiger partial charge is 0.328 e. The molecule has 3 aromatic rings. The summed E-state index contributed by atoms with van der Waals surface area (Å²) in [4.78, 5) is 22.5. The average molecular weight is 340 g/mol. The first kappa shape index (κ1) is 12.4. The molecule has 0 aliphatic heterocycles. The Balaban J connectivity index is 2.09. The molecule has 5 nitrogen and oxygen atoms in total. The van der Waals surface area contributed by atoms with Crippen LogP contribution in [0.15, 0.2) is 39.7 Å². The van der Waals surface area contributed by atoms with E-state index in [9.17, 15) is 4.79 Å². The van der Waals surface area contributed by atoms with E-state index in [0.717, 1.165) is 10.0 Å². The van der Waals surface area contributed by atoms with Gasteiger partial charge in [0.15, 0.2) is 5.65 Å². The zero-order valence-electron chi connectivity index (χ0n) is 9.60. The van der Waals surface area contributed by atoms with Gasteiger partial charge in [0.2, 0.25) is 5.28 Å². The van der Waals surface area contributed by atoms with Crippen LogP contribution in [0.25, 0.3) is 11.2 Å². The molecule has 0 aliphatic carbocycles. The zero-order chi connectivity index (χ0) is 13.4. The van der Waals surface area contributed by atoms with Crippen LogP contribution in [0, 0.1) is 0 Å². The van der Waals surface area contributed by atoms with Crippen LogP contribution in [-0.2, 0) is 6.54 Å². The lowest BCUT2D eigenvalue weighted by Crippen LogP contribution is -2.17. The average Bonchev–Trinajstić information content (AvgIpc) is 2.69. The molecule has 0 bridgehead atoms. The first-order valence-electron chi connectivity index (χ1n) is 5.49. The molecule has 0 spiro atoms. The fourth-order valence-corrected chi connectivity index (χ4v) is 2.24. The molecule has 0 amide bonds. The maximum absolute atomic E-state index is 11.9. The predicted molar refractivity (Wildman–Crippen MR) is 76.4 cm³/mol. The van der Waals surface area contributed by atoms with Crippen LogP contribution in [0.5, 0.6) is 0 Å². The molecular formula is C12H8BrClN4O. The Labute approximate surface area is 121 Å². The Morgan fingerprint density at radius 2 is 2.05 bits per heavy atom. The maximum Gasteiger partial charge on any atom is 0.328 e. The molecular weight excluding hydrogens is 332 g/mol. The van der Waals surface area contributed by atoms with E-state index in [1.165, 1.54) is 10.8 Å². The third kappa shape index (κ3) is 2.41. The number of imidazole rings is 1. The van der Waals surface area contributed by atoms with Crippen molar-refractivity contribution in [3.05, 3.63) is 56.3 Å². The van der Waals surface area contributed by atoms with Gasteiger partial charge in [0.25, 0.3) is 0 Å². The second-order valence-electron chi connectivity index (χ2n) is 4.02. The number of nitrogens with zero attached hydrogens (tertiary/aromatic N) is 3.